The molecule has 15 heavy (non-hydrogen) atoms. The van der Waals surface area contributed by atoms with Crippen LogP contribution in [-0.2, 0) is 6.42 Å². The molecule has 0 radical (unpaired) electrons. The summed E-state index contributed by atoms with van der Waals surface area (Å²) in [4.78, 5) is 0. The number of nitrogens with two attached hydrogens (primary N) is 1. The van der Waals surface area contributed by atoms with Crippen LogP contribution in [0.3, 0.4) is 0 Å². The van der Waals surface area contributed by atoms with Gasteiger partial charge in [0.25, 0.3) is 0 Å². The fourth-order valence-corrected chi connectivity index (χ4v) is 2.52. The van der Waals surface area contributed by atoms with Crippen molar-refractivity contribution in [3.8, 4) is 0 Å². The standard InChI is InChI=1S/C14H21N/c1-2-3-7-13(15)10-12-9-11-6-4-5-8-14(11)12/h4-6,8,12-13H,2-3,7,9-10,15H2,1H3. The van der Waals surface area contributed by atoms with Crippen molar-refractivity contribution in [1.29, 1.82) is 0 Å². The van der Waals surface area contributed by atoms with Gasteiger partial charge in [0.05, 0.1) is 0 Å². The Morgan fingerprint density at radius 1 is 1.40 bits per heavy atom. The molecule has 0 heterocycles. The summed E-state index contributed by atoms with van der Waals surface area (Å²) in [6.45, 7) is 2.23. The summed E-state index contributed by atoms with van der Waals surface area (Å²) >= 11 is 0. The maximum absolute atomic E-state index is 6.13. The van der Waals surface area contributed by atoms with Gasteiger partial charge in [-0.3, -0.25) is 0 Å². The molecule has 2 rings (SSSR count). The molecule has 1 nitrogen and oxygen atoms in total. The van der Waals surface area contributed by atoms with Gasteiger partial charge < -0.3 is 5.73 Å². The van der Waals surface area contributed by atoms with Crippen LogP contribution in [0.4, 0.5) is 0 Å². The Balaban J connectivity index is 1.84. The zero-order valence-corrected chi connectivity index (χ0v) is 9.58. The first kappa shape index (κ1) is 10.7. The van der Waals surface area contributed by atoms with Gasteiger partial charge in [-0.25, -0.2) is 0 Å². The molecule has 0 saturated heterocycles. The number of hydrogen-bond donors (Lipinski definition) is 1. The maximum Gasteiger partial charge on any atom is 0.00447 e. The third-order valence-corrected chi connectivity index (χ3v) is 3.48. The monoisotopic (exact) mass is 203 g/mol. The third kappa shape index (κ3) is 2.40. The zero-order chi connectivity index (χ0) is 10.7. The van der Waals surface area contributed by atoms with E-state index >= 15 is 0 Å². The van der Waals surface area contributed by atoms with Crippen molar-refractivity contribution < 1.29 is 0 Å². The lowest BCUT2D eigenvalue weighted by atomic mass is 9.74. The molecule has 0 aliphatic heterocycles. The quantitative estimate of drug-likeness (QED) is 0.781. The average molecular weight is 203 g/mol. The van der Waals surface area contributed by atoms with E-state index in [0.717, 1.165) is 5.92 Å². The first-order chi connectivity index (χ1) is 7.31. The lowest BCUT2D eigenvalue weighted by molar-refractivity contribution is 0.457. The highest BCUT2D eigenvalue weighted by molar-refractivity contribution is 5.39. The van der Waals surface area contributed by atoms with Crippen LogP contribution in [0.15, 0.2) is 24.3 Å². The second-order valence-electron chi connectivity index (χ2n) is 4.74. The first-order valence-corrected chi connectivity index (χ1v) is 6.14. The Morgan fingerprint density at radius 3 is 2.93 bits per heavy atom. The van der Waals surface area contributed by atoms with Crippen molar-refractivity contribution in [2.75, 3.05) is 0 Å². The van der Waals surface area contributed by atoms with Crippen molar-refractivity contribution in [2.24, 2.45) is 5.73 Å². The van der Waals surface area contributed by atoms with Crippen LogP contribution in [0, 0.1) is 0 Å². The number of hydrogen-bond acceptors (Lipinski definition) is 1. The molecule has 0 fully saturated rings. The molecule has 0 spiro atoms. The smallest absolute Gasteiger partial charge is 0.00447 e. The molecule has 1 aromatic carbocycles. The van der Waals surface area contributed by atoms with Gasteiger partial charge in [0, 0.05) is 6.04 Å². The first-order valence-electron chi connectivity index (χ1n) is 6.14. The number of unbranched alkanes of at least 4 members (excludes halogenated alkanes) is 1. The Labute approximate surface area is 92.7 Å². The molecule has 0 saturated carbocycles. The zero-order valence-electron chi connectivity index (χ0n) is 9.58. The predicted octanol–water partition coefficient (Wildman–Crippen LogP) is 3.23. The van der Waals surface area contributed by atoms with E-state index in [1.54, 1.807) is 5.56 Å². The van der Waals surface area contributed by atoms with Crippen molar-refractivity contribution in [3.05, 3.63) is 35.4 Å². The molecule has 2 atom stereocenters. The Bertz CT molecular complexity index is 319. The largest absolute Gasteiger partial charge is 0.328 e. The summed E-state index contributed by atoms with van der Waals surface area (Å²) in [5, 5.41) is 0. The lowest BCUT2D eigenvalue weighted by Crippen LogP contribution is -2.27. The average Bonchev–Trinajstić information content (AvgIpc) is 2.23. The highest BCUT2D eigenvalue weighted by Gasteiger charge is 2.26. The van der Waals surface area contributed by atoms with Crippen molar-refractivity contribution >= 4 is 0 Å². The van der Waals surface area contributed by atoms with E-state index < -0.39 is 0 Å². The normalized spacial score (nSPS) is 20.5. The molecule has 1 heteroatoms. The predicted molar refractivity (Wildman–Crippen MR) is 65.0 cm³/mol. The minimum Gasteiger partial charge on any atom is -0.328 e. The molecular weight excluding hydrogens is 182 g/mol. The van der Waals surface area contributed by atoms with E-state index in [1.807, 2.05) is 0 Å². The van der Waals surface area contributed by atoms with Gasteiger partial charge in [0.1, 0.15) is 0 Å². The Hall–Kier alpha value is -0.820. The van der Waals surface area contributed by atoms with Crippen LogP contribution < -0.4 is 5.73 Å². The second kappa shape index (κ2) is 4.80. The Morgan fingerprint density at radius 2 is 2.20 bits per heavy atom. The van der Waals surface area contributed by atoms with Crippen molar-refractivity contribution in [2.45, 2.75) is 51.0 Å². The second-order valence-corrected chi connectivity index (χ2v) is 4.74. The molecular formula is C14H21N. The van der Waals surface area contributed by atoms with E-state index in [4.69, 9.17) is 5.73 Å². The van der Waals surface area contributed by atoms with Crippen LogP contribution in [-0.4, -0.2) is 6.04 Å². The van der Waals surface area contributed by atoms with E-state index in [0.29, 0.717) is 6.04 Å². The van der Waals surface area contributed by atoms with Gasteiger partial charge in [-0.1, -0.05) is 44.0 Å². The molecule has 2 N–H and O–H groups in total. The summed E-state index contributed by atoms with van der Waals surface area (Å²) in [6.07, 6.45) is 6.15. The number of benzene rings is 1. The van der Waals surface area contributed by atoms with Gasteiger partial charge >= 0.3 is 0 Å². The molecule has 0 aromatic heterocycles. The highest BCUT2D eigenvalue weighted by atomic mass is 14.6. The maximum atomic E-state index is 6.13. The van der Waals surface area contributed by atoms with Gasteiger partial charge in [-0.15, -0.1) is 0 Å². The summed E-state index contributed by atoms with van der Waals surface area (Å²) in [6, 6.07) is 9.18. The number of rotatable bonds is 5. The fourth-order valence-electron chi connectivity index (χ4n) is 2.52. The van der Waals surface area contributed by atoms with Gasteiger partial charge in [0.2, 0.25) is 0 Å². The third-order valence-electron chi connectivity index (χ3n) is 3.48. The van der Waals surface area contributed by atoms with Gasteiger partial charge in [-0.2, -0.15) is 0 Å². The Kier molecular flexibility index (Phi) is 3.42. The molecule has 1 aliphatic carbocycles. The summed E-state index contributed by atoms with van der Waals surface area (Å²) in [5.41, 5.74) is 9.21. The van der Waals surface area contributed by atoms with Crippen LogP contribution >= 0.6 is 0 Å². The van der Waals surface area contributed by atoms with Gasteiger partial charge in [-0.05, 0) is 36.3 Å². The number of fused-ring (bicyclic) bond motifs is 1. The van der Waals surface area contributed by atoms with E-state index in [-0.39, 0.29) is 0 Å². The molecule has 0 amide bonds. The minimum atomic E-state index is 0.406. The van der Waals surface area contributed by atoms with Crippen LogP contribution in [0.2, 0.25) is 0 Å². The van der Waals surface area contributed by atoms with Gasteiger partial charge in [0.15, 0.2) is 0 Å². The molecule has 82 valence electrons. The van der Waals surface area contributed by atoms with Crippen LogP contribution in [0.1, 0.15) is 49.7 Å². The lowest BCUT2D eigenvalue weighted by Gasteiger charge is -2.32. The molecule has 1 aliphatic rings. The van der Waals surface area contributed by atoms with Crippen LogP contribution in [0.25, 0.3) is 0 Å². The SMILES string of the molecule is CCCCC(N)CC1Cc2ccccc21. The van der Waals surface area contributed by atoms with Crippen molar-refractivity contribution in [3.63, 3.8) is 0 Å². The minimum absolute atomic E-state index is 0.406. The fraction of sp³-hybridized carbons (Fsp3) is 0.571. The summed E-state index contributed by atoms with van der Waals surface area (Å²) < 4.78 is 0. The molecule has 0 bridgehead atoms. The van der Waals surface area contributed by atoms with E-state index in [1.165, 1.54) is 37.7 Å². The van der Waals surface area contributed by atoms with E-state index in [2.05, 4.69) is 31.2 Å². The van der Waals surface area contributed by atoms with E-state index in [9.17, 15) is 0 Å². The molecule has 2 unspecified atom stereocenters. The van der Waals surface area contributed by atoms with Crippen molar-refractivity contribution in [1.82, 2.24) is 0 Å². The highest BCUT2D eigenvalue weighted by Crippen LogP contribution is 2.38. The topological polar surface area (TPSA) is 26.0 Å². The van der Waals surface area contributed by atoms with Crippen LogP contribution in [0.5, 0.6) is 0 Å². The summed E-state index contributed by atoms with van der Waals surface area (Å²) in [7, 11) is 0. The molecule has 1 aromatic rings. The summed E-state index contributed by atoms with van der Waals surface area (Å²) in [5.74, 6) is 0.744.